The van der Waals surface area contributed by atoms with Crippen molar-refractivity contribution in [2.24, 2.45) is 0 Å². The predicted octanol–water partition coefficient (Wildman–Crippen LogP) is 4.81. The van der Waals surface area contributed by atoms with Crippen molar-refractivity contribution in [3.8, 4) is 11.1 Å². The SMILES string of the molecule is CCCS(=O)Nc1ccc(F)c(C(=O)c2c[nH]c3ncc(-c4cccc(N)c4)cc23)c1F. The smallest absolute Gasteiger partial charge is 0.201 e. The molecule has 32 heavy (non-hydrogen) atoms. The van der Waals surface area contributed by atoms with Crippen LogP contribution in [0.3, 0.4) is 0 Å². The Kier molecular flexibility index (Phi) is 6.00. The van der Waals surface area contributed by atoms with Gasteiger partial charge in [0.1, 0.15) is 22.5 Å². The Morgan fingerprint density at radius 1 is 1.19 bits per heavy atom. The van der Waals surface area contributed by atoms with Crippen LogP contribution in [0, 0.1) is 11.6 Å². The number of nitrogen functional groups attached to an aromatic ring is 1. The highest BCUT2D eigenvalue weighted by Crippen LogP contribution is 2.30. The number of fused-ring (bicyclic) bond motifs is 1. The molecule has 4 aromatic rings. The van der Waals surface area contributed by atoms with Crippen LogP contribution >= 0.6 is 0 Å². The molecule has 4 rings (SSSR count). The van der Waals surface area contributed by atoms with Gasteiger partial charge in [0.05, 0.1) is 11.3 Å². The summed E-state index contributed by atoms with van der Waals surface area (Å²) in [6.45, 7) is 1.83. The van der Waals surface area contributed by atoms with Gasteiger partial charge in [-0.15, -0.1) is 0 Å². The Labute approximate surface area is 185 Å². The van der Waals surface area contributed by atoms with E-state index in [1.807, 2.05) is 13.0 Å². The average Bonchev–Trinajstić information content (AvgIpc) is 3.19. The Bertz CT molecular complexity index is 1350. The first-order valence-corrected chi connectivity index (χ1v) is 11.2. The van der Waals surface area contributed by atoms with Crippen LogP contribution in [-0.2, 0) is 11.0 Å². The highest BCUT2D eigenvalue weighted by molar-refractivity contribution is 7.86. The van der Waals surface area contributed by atoms with E-state index in [1.165, 1.54) is 6.20 Å². The molecule has 0 aliphatic heterocycles. The van der Waals surface area contributed by atoms with E-state index in [2.05, 4.69) is 14.7 Å². The highest BCUT2D eigenvalue weighted by atomic mass is 32.2. The maximum absolute atomic E-state index is 15.1. The first-order valence-electron chi connectivity index (χ1n) is 9.89. The lowest BCUT2D eigenvalue weighted by molar-refractivity contribution is 0.103. The minimum atomic E-state index is -1.54. The highest BCUT2D eigenvalue weighted by Gasteiger charge is 2.25. The van der Waals surface area contributed by atoms with Crippen molar-refractivity contribution in [1.29, 1.82) is 0 Å². The van der Waals surface area contributed by atoms with E-state index in [1.54, 1.807) is 30.5 Å². The number of rotatable bonds is 7. The number of anilines is 2. The third kappa shape index (κ3) is 4.11. The molecule has 1 unspecified atom stereocenters. The van der Waals surface area contributed by atoms with Gasteiger partial charge in [0.25, 0.3) is 0 Å². The van der Waals surface area contributed by atoms with Crippen LogP contribution in [0.4, 0.5) is 20.2 Å². The number of hydrogen-bond donors (Lipinski definition) is 3. The van der Waals surface area contributed by atoms with Crippen molar-refractivity contribution < 1.29 is 17.8 Å². The predicted molar refractivity (Wildman–Crippen MR) is 123 cm³/mol. The van der Waals surface area contributed by atoms with Gasteiger partial charge in [0, 0.05) is 40.3 Å². The van der Waals surface area contributed by atoms with E-state index in [4.69, 9.17) is 5.73 Å². The van der Waals surface area contributed by atoms with Crippen LogP contribution in [0.5, 0.6) is 0 Å². The molecule has 0 aliphatic rings. The van der Waals surface area contributed by atoms with Crippen LogP contribution in [0.25, 0.3) is 22.2 Å². The second-order valence-electron chi connectivity index (χ2n) is 7.21. The number of aromatic amines is 1. The van der Waals surface area contributed by atoms with Gasteiger partial charge in [0.2, 0.25) is 5.78 Å². The zero-order chi connectivity index (χ0) is 22.8. The first-order chi connectivity index (χ1) is 15.4. The maximum atomic E-state index is 15.1. The van der Waals surface area contributed by atoms with Crippen molar-refractivity contribution in [2.75, 3.05) is 16.2 Å². The van der Waals surface area contributed by atoms with E-state index < -0.39 is 34.0 Å². The van der Waals surface area contributed by atoms with E-state index in [9.17, 15) is 13.4 Å². The molecule has 2 aromatic carbocycles. The number of nitrogens with two attached hydrogens (primary N) is 1. The third-order valence-electron chi connectivity index (χ3n) is 4.93. The molecule has 2 heterocycles. The van der Waals surface area contributed by atoms with Gasteiger partial charge in [-0.3, -0.25) is 4.79 Å². The Hall–Kier alpha value is -3.59. The zero-order valence-corrected chi connectivity index (χ0v) is 17.9. The standard InChI is InChI=1S/C23H20F2N4O2S/c1-2-8-32(31)29-19-7-6-18(24)20(21(19)25)22(30)17-12-28-23-16(17)10-14(11-27-23)13-4-3-5-15(26)9-13/h3-7,9-12,29H,2,8,26H2,1H3,(H,27,28). The zero-order valence-electron chi connectivity index (χ0n) is 17.1. The summed E-state index contributed by atoms with van der Waals surface area (Å²) < 4.78 is 44.1. The van der Waals surface area contributed by atoms with Crippen molar-refractivity contribution in [3.63, 3.8) is 0 Å². The number of carbonyl (C=O) groups excluding carboxylic acids is 1. The number of ketones is 1. The number of halogens is 2. The van der Waals surface area contributed by atoms with Crippen LogP contribution < -0.4 is 10.5 Å². The Morgan fingerprint density at radius 3 is 2.75 bits per heavy atom. The molecule has 0 saturated heterocycles. The molecule has 0 aliphatic carbocycles. The van der Waals surface area contributed by atoms with E-state index >= 15 is 4.39 Å². The molecular formula is C23H20F2N4O2S. The Morgan fingerprint density at radius 2 is 2.00 bits per heavy atom. The van der Waals surface area contributed by atoms with Crippen molar-refractivity contribution in [2.45, 2.75) is 13.3 Å². The molecule has 0 amide bonds. The number of H-pyrrole nitrogens is 1. The maximum Gasteiger partial charge on any atom is 0.201 e. The van der Waals surface area contributed by atoms with Crippen LogP contribution in [0.2, 0.25) is 0 Å². The minimum absolute atomic E-state index is 0.0721. The van der Waals surface area contributed by atoms with Crippen LogP contribution in [0.1, 0.15) is 29.3 Å². The van der Waals surface area contributed by atoms with Gasteiger partial charge in [-0.1, -0.05) is 19.1 Å². The lowest BCUT2D eigenvalue weighted by atomic mass is 9.99. The molecule has 0 bridgehead atoms. The van der Waals surface area contributed by atoms with Crippen molar-refractivity contribution >= 4 is 39.2 Å². The summed E-state index contributed by atoms with van der Waals surface area (Å²) in [6.07, 6.45) is 3.61. The van der Waals surface area contributed by atoms with Gasteiger partial charge in [0.15, 0.2) is 5.82 Å². The number of nitrogens with zero attached hydrogens (tertiary/aromatic N) is 1. The largest absolute Gasteiger partial charge is 0.399 e. The van der Waals surface area contributed by atoms with E-state index in [-0.39, 0.29) is 11.3 Å². The fourth-order valence-electron chi connectivity index (χ4n) is 3.40. The number of benzene rings is 2. The summed E-state index contributed by atoms with van der Waals surface area (Å²) in [6, 6.07) is 11.0. The second kappa shape index (κ2) is 8.88. The van der Waals surface area contributed by atoms with Crippen LogP contribution in [-0.4, -0.2) is 25.7 Å². The van der Waals surface area contributed by atoms with Gasteiger partial charge >= 0.3 is 0 Å². The molecule has 0 saturated carbocycles. The number of aromatic nitrogens is 2. The fourth-order valence-corrected chi connectivity index (χ4v) is 4.28. The van der Waals surface area contributed by atoms with Crippen molar-refractivity contribution in [1.82, 2.24) is 9.97 Å². The fraction of sp³-hybridized carbons (Fsp3) is 0.130. The van der Waals surface area contributed by atoms with E-state index in [0.29, 0.717) is 34.5 Å². The molecule has 2 aromatic heterocycles. The molecule has 0 fully saturated rings. The Balaban J connectivity index is 1.77. The number of carbonyl (C=O) groups is 1. The third-order valence-corrected chi connectivity index (χ3v) is 6.15. The molecule has 1 atom stereocenters. The van der Waals surface area contributed by atoms with Gasteiger partial charge in [-0.2, -0.15) is 0 Å². The molecule has 9 heteroatoms. The topological polar surface area (TPSA) is 101 Å². The summed E-state index contributed by atoms with van der Waals surface area (Å²) in [4.78, 5) is 20.4. The summed E-state index contributed by atoms with van der Waals surface area (Å²) in [7, 11) is -1.54. The summed E-state index contributed by atoms with van der Waals surface area (Å²) >= 11 is 0. The molecule has 164 valence electrons. The van der Waals surface area contributed by atoms with Crippen LogP contribution in [0.15, 0.2) is 54.9 Å². The summed E-state index contributed by atoms with van der Waals surface area (Å²) in [5.74, 6) is -2.65. The average molecular weight is 455 g/mol. The van der Waals surface area contributed by atoms with Gasteiger partial charge in [-0.25, -0.2) is 18.0 Å². The summed E-state index contributed by atoms with van der Waals surface area (Å²) in [5, 5.41) is 0.418. The van der Waals surface area contributed by atoms with E-state index in [0.717, 1.165) is 17.7 Å². The summed E-state index contributed by atoms with van der Waals surface area (Å²) in [5.41, 5.74) is 7.47. The number of pyridine rings is 1. The second-order valence-corrected chi connectivity index (χ2v) is 8.52. The van der Waals surface area contributed by atoms with Gasteiger partial charge in [-0.05, 0) is 42.3 Å². The molecule has 0 radical (unpaired) electrons. The normalized spacial score (nSPS) is 12.1. The molecule has 4 N–H and O–H groups in total. The number of nitrogens with one attached hydrogen (secondary N) is 2. The monoisotopic (exact) mass is 454 g/mol. The number of hydrogen-bond acceptors (Lipinski definition) is 4. The molecule has 6 nitrogen and oxygen atoms in total. The molecule has 0 spiro atoms. The van der Waals surface area contributed by atoms with Crippen molar-refractivity contribution in [3.05, 3.63) is 77.6 Å². The minimum Gasteiger partial charge on any atom is -0.399 e. The lowest BCUT2D eigenvalue weighted by Gasteiger charge is -2.10. The molecular weight excluding hydrogens is 434 g/mol. The first kappa shape index (κ1) is 21.6. The lowest BCUT2D eigenvalue weighted by Crippen LogP contribution is -2.13. The quantitative estimate of drug-likeness (QED) is 0.276. The van der Waals surface area contributed by atoms with Gasteiger partial charge < -0.3 is 15.4 Å².